The fourth-order valence-corrected chi connectivity index (χ4v) is 10.2. The van der Waals surface area contributed by atoms with Crippen molar-refractivity contribution in [3.63, 3.8) is 0 Å². The van der Waals surface area contributed by atoms with E-state index in [-0.39, 0.29) is 22.3 Å². The Balaban J connectivity index is -0.000000823. The van der Waals surface area contributed by atoms with Crippen LogP contribution in [-0.4, -0.2) is 0 Å². The van der Waals surface area contributed by atoms with Gasteiger partial charge in [-0.05, 0) is 283 Å². The number of hydrogen-bond donors (Lipinski definition) is 0. The van der Waals surface area contributed by atoms with Crippen molar-refractivity contribution < 1.29 is 0 Å². The Kier molecular flexibility index (Phi) is 34.0. The molecule has 0 aromatic heterocycles. The third-order valence-electron chi connectivity index (χ3n) is 15.2. The molecule has 0 spiro atoms. The molecule has 0 unspecified atom stereocenters. The molecule has 0 bridgehead atoms. The molecule has 0 nitrogen and oxygen atoms in total. The van der Waals surface area contributed by atoms with Crippen LogP contribution in [0.5, 0.6) is 0 Å². The van der Waals surface area contributed by atoms with Gasteiger partial charge in [0.15, 0.2) is 0 Å². The maximum Gasteiger partial charge on any atom is -0.0213 e. The predicted octanol–water partition coefficient (Wildman–Crippen LogP) is 24.3. The zero-order valence-electron chi connectivity index (χ0n) is 52.4. The molecular formula is C75H120. The summed E-state index contributed by atoms with van der Waals surface area (Å²) in [5.74, 6) is 3.86. The Morgan fingerprint density at radius 1 is 0.213 bits per heavy atom. The van der Waals surface area contributed by atoms with Gasteiger partial charge in [0.2, 0.25) is 0 Å². The van der Waals surface area contributed by atoms with E-state index in [0.717, 1.165) is 0 Å². The largest absolute Gasteiger partial charge is 0.0776 e. The summed E-state index contributed by atoms with van der Waals surface area (Å²) < 4.78 is 0. The summed E-state index contributed by atoms with van der Waals surface area (Å²) in [4.78, 5) is 0. The van der Waals surface area contributed by atoms with Crippen LogP contribution >= 0.6 is 0 Å². The highest BCUT2D eigenvalue weighted by Crippen LogP contribution is 2.28. The first-order valence-electron chi connectivity index (χ1n) is 27.6. The molecule has 0 heterocycles. The quantitative estimate of drug-likeness (QED) is 0.156. The molecule has 0 heteroatoms. The Morgan fingerprint density at radius 3 is 1.00 bits per heavy atom. The fraction of sp³-hybridized carbons (Fsp3) is 0.520. The summed E-state index contributed by atoms with van der Waals surface area (Å²) in [6.07, 6.45) is 0. The second kappa shape index (κ2) is 34.2. The average Bonchev–Trinajstić information content (AvgIpc) is 3.26. The molecule has 6 aromatic rings. The Bertz CT molecular complexity index is 2600. The number of benzene rings is 6. The molecule has 0 saturated carbocycles. The van der Waals surface area contributed by atoms with Crippen molar-refractivity contribution in [1.82, 2.24) is 0 Å². The number of rotatable bonds is 6. The average molecular weight is 1020 g/mol. The molecule has 6 aromatic carbocycles. The third kappa shape index (κ3) is 22.8. The van der Waals surface area contributed by atoms with Gasteiger partial charge in [-0.1, -0.05) is 189 Å². The summed E-state index contributed by atoms with van der Waals surface area (Å²) in [6, 6.07) is 27.2. The van der Waals surface area contributed by atoms with Crippen LogP contribution in [0.15, 0.2) is 72.8 Å². The van der Waals surface area contributed by atoms with Crippen LogP contribution in [0.4, 0.5) is 0 Å². The zero-order chi connectivity index (χ0) is 55.8. The molecule has 420 valence electrons. The second-order valence-corrected chi connectivity index (χ2v) is 23.6. The summed E-state index contributed by atoms with van der Waals surface area (Å²) in [5.41, 5.74) is 34.5. The van der Waals surface area contributed by atoms with E-state index >= 15 is 0 Å². The van der Waals surface area contributed by atoms with E-state index < -0.39 is 0 Å². The number of hydrogen-bond acceptors (Lipinski definition) is 0. The first kappa shape index (κ1) is 74.6. The topological polar surface area (TPSA) is 0 Å². The van der Waals surface area contributed by atoms with E-state index in [0.29, 0.717) is 35.5 Å². The Morgan fingerprint density at radius 2 is 0.587 bits per heavy atom. The van der Waals surface area contributed by atoms with Crippen LogP contribution < -0.4 is 0 Å². The highest BCUT2D eigenvalue weighted by atomic mass is 14.2. The molecule has 75 heavy (non-hydrogen) atoms. The smallest absolute Gasteiger partial charge is 0.0213 e. The molecule has 0 aliphatic heterocycles. The summed E-state index contributed by atoms with van der Waals surface area (Å²) in [7, 11) is 0. The summed E-state index contributed by atoms with van der Waals surface area (Å²) in [6.45, 7) is 66.4. The molecule has 0 aliphatic rings. The van der Waals surface area contributed by atoms with E-state index in [1.807, 2.05) is 0 Å². The van der Waals surface area contributed by atoms with Crippen LogP contribution in [0.2, 0.25) is 0 Å². The van der Waals surface area contributed by atoms with Crippen LogP contribution in [0, 0.1) is 125 Å². The summed E-state index contributed by atoms with van der Waals surface area (Å²) in [5, 5.41) is 0. The Hall–Kier alpha value is -4.68. The van der Waals surface area contributed by atoms with Gasteiger partial charge >= 0.3 is 0 Å². The van der Waals surface area contributed by atoms with Gasteiger partial charge in [-0.15, -0.1) is 0 Å². The monoisotopic (exact) mass is 1020 g/mol. The van der Waals surface area contributed by atoms with Crippen LogP contribution in [0.3, 0.4) is 0 Å². The minimum absolute atomic E-state index is 0. The van der Waals surface area contributed by atoms with E-state index in [4.69, 9.17) is 0 Å². The molecule has 0 amide bonds. The molecule has 0 radical (unpaired) electrons. The van der Waals surface area contributed by atoms with Crippen LogP contribution in [0.25, 0.3) is 0 Å². The fourth-order valence-electron chi connectivity index (χ4n) is 10.2. The first-order valence-corrected chi connectivity index (χ1v) is 27.6. The molecular weight excluding hydrogens is 901 g/mol. The molecule has 0 N–H and O–H groups in total. The first-order chi connectivity index (χ1) is 33.2. The van der Waals surface area contributed by atoms with Gasteiger partial charge in [0, 0.05) is 0 Å². The van der Waals surface area contributed by atoms with Crippen molar-refractivity contribution >= 4 is 0 Å². The lowest BCUT2D eigenvalue weighted by atomic mass is 9.91. The molecule has 0 atom stereocenters. The van der Waals surface area contributed by atoms with Gasteiger partial charge < -0.3 is 0 Å². The zero-order valence-corrected chi connectivity index (χ0v) is 52.4. The minimum atomic E-state index is 0. The van der Waals surface area contributed by atoms with Crippen LogP contribution in [-0.2, 0) is 0 Å². The minimum Gasteiger partial charge on any atom is -0.0776 e. The van der Waals surface area contributed by atoms with E-state index in [1.54, 1.807) is 0 Å². The molecule has 6 rings (SSSR count). The standard InChI is InChI=1S/6C12H18.3CH4/c1-8(2)12-6-9(3)11(5)10(4)7-12;1-8(2)12-7-10(4)9(3)6-11(12)5;1-8(2)12-7-9(3)6-10(4)11(12)5;1-8(2)12-10(4)6-9(3)7-11(12)5;1-8(2)12-7-6-9(3)10(4)11(12)5;1-8(2)12-10(4)7-6-9(3)11(12)5;;;/h6*6-8H,1-5H3;3*1H4. The maximum atomic E-state index is 2.31. The van der Waals surface area contributed by atoms with Gasteiger partial charge in [-0.2, -0.15) is 0 Å². The van der Waals surface area contributed by atoms with Crippen LogP contribution in [0.1, 0.15) is 274 Å². The van der Waals surface area contributed by atoms with Crippen molar-refractivity contribution in [1.29, 1.82) is 0 Å². The van der Waals surface area contributed by atoms with Crippen molar-refractivity contribution in [2.45, 2.75) is 265 Å². The lowest BCUT2D eigenvalue weighted by Gasteiger charge is -2.15. The lowest BCUT2D eigenvalue weighted by molar-refractivity contribution is 0.843. The molecule has 0 fully saturated rings. The van der Waals surface area contributed by atoms with Crippen molar-refractivity contribution in [2.75, 3.05) is 0 Å². The Labute approximate surface area is 469 Å². The highest BCUT2D eigenvalue weighted by molar-refractivity contribution is 5.43. The van der Waals surface area contributed by atoms with Gasteiger partial charge in [-0.3, -0.25) is 0 Å². The van der Waals surface area contributed by atoms with Gasteiger partial charge in [0.05, 0.1) is 0 Å². The van der Waals surface area contributed by atoms with Crippen molar-refractivity contribution in [3.8, 4) is 0 Å². The van der Waals surface area contributed by atoms with Gasteiger partial charge in [0.25, 0.3) is 0 Å². The normalized spacial score (nSPS) is 10.4. The predicted molar refractivity (Wildman–Crippen MR) is 349 cm³/mol. The lowest BCUT2D eigenvalue weighted by Crippen LogP contribution is -1.97. The van der Waals surface area contributed by atoms with E-state index in [9.17, 15) is 0 Å². The maximum absolute atomic E-state index is 2.31. The third-order valence-corrected chi connectivity index (χ3v) is 15.2. The SMILES string of the molecule is C.C.C.Cc1cc(C(C)C)cc(C)c1C.Cc1cc(C)c(C(C)C)c(C)c1.Cc1cc(C)c(C(C)C)cc1C.Cc1cc(C)c(C)c(C(C)C)c1.Cc1ccc(C(C)C)c(C)c1C.Cc1ccc(C)c(C(C)C)c1C. The highest BCUT2D eigenvalue weighted by Gasteiger charge is 2.11. The molecule has 0 aliphatic carbocycles. The van der Waals surface area contributed by atoms with Crippen molar-refractivity contribution in [3.05, 3.63) is 206 Å². The second-order valence-electron chi connectivity index (χ2n) is 23.6. The van der Waals surface area contributed by atoms with Gasteiger partial charge in [-0.25, -0.2) is 0 Å². The van der Waals surface area contributed by atoms with E-state index in [2.05, 4.69) is 281 Å². The van der Waals surface area contributed by atoms with Crippen molar-refractivity contribution in [2.24, 2.45) is 0 Å². The number of aryl methyl sites for hydroxylation is 13. The van der Waals surface area contributed by atoms with Gasteiger partial charge in [0.1, 0.15) is 0 Å². The molecule has 0 saturated heterocycles. The van der Waals surface area contributed by atoms with E-state index in [1.165, 1.54) is 134 Å². The summed E-state index contributed by atoms with van der Waals surface area (Å²) >= 11 is 0.